The van der Waals surface area contributed by atoms with Crippen molar-refractivity contribution in [3.63, 3.8) is 0 Å². The van der Waals surface area contributed by atoms with Crippen molar-refractivity contribution < 1.29 is 14.8 Å². The molecule has 1 aromatic rings. The molecule has 19 heavy (non-hydrogen) atoms. The molecule has 0 bridgehead atoms. The molecule has 7 heteroatoms. The minimum atomic E-state index is -0.565. The Morgan fingerprint density at radius 1 is 1.37 bits per heavy atom. The van der Waals surface area contributed by atoms with Crippen LogP contribution in [0.3, 0.4) is 0 Å². The van der Waals surface area contributed by atoms with E-state index in [9.17, 15) is 14.9 Å². The molecule has 0 aliphatic carbocycles. The minimum absolute atomic E-state index is 0.0767. The van der Waals surface area contributed by atoms with Crippen molar-refractivity contribution >= 4 is 23.4 Å². The second kappa shape index (κ2) is 8.49. The predicted molar refractivity (Wildman–Crippen MR) is 74.5 cm³/mol. The van der Waals surface area contributed by atoms with Crippen LogP contribution in [0.25, 0.3) is 0 Å². The van der Waals surface area contributed by atoms with Crippen LogP contribution >= 0.6 is 11.8 Å². The number of nitro benzene ring substituents is 1. The van der Waals surface area contributed by atoms with Crippen molar-refractivity contribution in [3.05, 3.63) is 39.9 Å². The molecule has 0 saturated carbocycles. The number of aliphatic hydroxyl groups is 1. The minimum Gasteiger partial charge on any atom is -0.396 e. The number of amides is 1. The Labute approximate surface area is 115 Å². The highest BCUT2D eigenvalue weighted by molar-refractivity contribution is 7.99. The molecular weight excluding hydrogens is 268 g/mol. The predicted octanol–water partition coefficient (Wildman–Crippen LogP) is 1.44. The van der Waals surface area contributed by atoms with Gasteiger partial charge in [0, 0.05) is 25.0 Å². The van der Waals surface area contributed by atoms with Gasteiger partial charge in [0.05, 0.1) is 4.92 Å². The molecule has 1 aromatic carbocycles. The number of benzene rings is 1. The van der Waals surface area contributed by atoms with Crippen LogP contribution in [0.15, 0.2) is 24.3 Å². The van der Waals surface area contributed by atoms with Crippen LogP contribution in [0, 0.1) is 10.1 Å². The molecular formula is C12H16N2O4S. The van der Waals surface area contributed by atoms with Crippen molar-refractivity contribution in [2.24, 2.45) is 0 Å². The van der Waals surface area contributed by atoms with Gasteiger partial charge in [0.2, 0.25) is 0 Å². The number of carbonyl (C=O) groups excluding carboxylic acids is 1. The molecule has 0 fully saturated rings. The van der Waals surface area contributed by atoms with Gasteiger partial charge < -0.3 is 10.4 Å². The Kier molecular flexibility index (Phi) is 6.91. The molecule has 0 aliphatic rings. The molecule has 2 N–H and O–H groups in total. The Balaban J connectivity index is 2.43. The first-order valence-corrected chi connectivity index (χ1v) is 7.02. The quantitative estimate of drug-likeness (QED) is 0.428. The van der Waals surface area contributed by atoms with E-state index in [1.165, 1.54) is 18.2 Å². The largest absolute Gasteiger partial charge is 0.396 e. The Hall–Kier alpha value is -1.60. The number of nitrogens with zero attached hydrogens (tertiary/aromatic N) is 1. The highest BCUT2D eigenvalue weighted by Crippen LogP contribution is 2.17. The highest BCUT2D eigenvalue weighted by Gasteiger charge is 2.18. The molecule has 1 rings (SSSR count). The van der Waals surface area contributed by atoms with Gasteiger partial charge in [-0.15, -0.1) is 0 Å². The number of nitro groups is 1. The van der Waals surface area contributed by atoms with E-state index in [0.29, 0.717) is 12.3 Å². The summed E-state index contributed by atoms with van der Waals surface area (Å²) < 4.78 is 0. The first kappa shape index (κ1) is 15.5. The molecule has 6 nitrogen and oxygen atoms in total. The zero-order valence-electron chi connectivity index (χ0n) is 10.4. The van der Waals surface area contributed by atoms with Gasteiger partial charge in [0.25, 0.3) is 11.6 Å². The Morgan fingerprint density at radius 2 is 2.11 bits per heavy atom. The molecule has 0 aromatic heterocycles. The van der Waals surface area contributed by atoms with Crippen LogP contribution in [0.2, 0.25) is 0 Å². The normalized spacial score (nSPS) is 10.2. The van der Waals surface area contributed by atoms with Crippen LogP contribution in [-0.2, 0) is 0 Å². The summed E-state index contributed by atoms with van der Waals surface area (Å²) in [6.45, 7) is 0.608. The second-order valence-electron chi connectivity index (χ2n) is 3.72. The average molecular weight is 284 g/mol. The van der Waals surface area contributed by atoms with E-state index in [0.717, 1.165) is 12.2 Å². The summed E-state index contributed by atoms with van der Waals surface area (Å²) in [5.41, 5.74) is -0.110. The third-order valence-electron chi connectivity index (χ3n) is 2.32. The molecule has 0 atom stereocenters. The highest BCUT2D eigenvalue weighted by atomic mass is 32.2. The lowest BCUT2D eigenvalue weighted by molar-refractivity contribution is -0.385. The summed E-state index contributed by atoms with van der Waals surface area (Å²) in [6.07, 6.45) is 0.725. The fourth-order valence-electron chi connectivity index (χ4n) is 1.43. The molecule has 104 valence electrons. The summed E-state index contributed by atoms with van der Waals surface area (Å²) in [7, 11) is 0. The maximum atomic E-state index is 11.8. The van der Waals surface area contributed by atoms with E-state index < -0.39 is 10.8 Å². The van der Waals surface area contributed by atoms with Gasteiger partial charge in [-0.25, -0.2) is 0 Å². The van der Waals surface area contributed by atoms with E-state index in [4.69, 9.17) is 5.11 Å². The SMILES string of the molecule is O=C(NCCSCCCO)c1ccccc1[N+](=O)[O-]. The van der Waals surface area contributed by atoms with Gasteiger partial charge in [0.15, 0.2) is 0 Å². The van der Waals surface area contributed by atoms with Crippen molar-refractivity contribution in [2.75, 3.05) is 24.7 Å². The van der Waals surface area contributed by atoms with E-state index in [1.807, 2.05) is 0 Å². The lowest BCUT2D eigenvalue weighted by Gasteiger charge is -2.05. The fourth-order valence-corrected chi connectivity index (χ4v) is 2.21. The van der Waals surface area contributed by atoms with Crippen LogP contribution in [0.4, 0.5) is 5.69 Å². The van der Waals surface area contributed by atoms with E-state index >= 15 is 0 Å². The summed E-state index contributed by atoms with van der Waals surface area (Å²) >= 11 is 1.62. The number of carbonyl (C=O) groups is 1. The Morgan fingerprint density at radius 3 is 2.79 bits per heavy atom. The smallest absolute Gasteiger partial charge is 0.282 e. The van der Waals surface area contributed by atoms with Crippen molar-refractivity contribution in [3.8, 4) is 0 Å². The number of aliphatic hydroxyl groups excluding tert-OH is 1. The number of para-hydroxylation sites is 1. The standard InChI is InChI=1S/C12H16N2O4S/c15-7-3-8-19-9-6-13-12(16)10-4-1-2-5-11(10)14(17)18/h1-2,4-5,15H,3,6-9H2,(H,13,16). The summed E-state index contributed by atoms with van der Waals surface area (Å²) in [5, 5.41) is 22.0. The molecule has 0 heterocycles. The first-order valence-electron chi connectivity index (χ1n) is 5.87. The number of rotatable bonds is 8. The maximum absolute atomic E-state index is 11.8. The number of thioether (sulfide) groups is 1. The van der Waals surface area contributed by atoms with Crippen LogP contribution in [0.5, 0.6) is 0 Å². The molecule has 1 amide bonds. The van der Waals surface area contributed by atoms with Gasteiger partial charge in [0.1, 0.15) is 5.56 Å². The zero-order chi connectivity index (χ0) is 14.1. The first-order chi connectivity index (χ1) is 9.16. The third kappa shape index (κ3) is 5.27. The lowest BCUT2D eigenvalue weighted by Crippen LogP contribution is -2.26. The van der Waals surface area contributed by atoms with Gasteiger partial charge in [-0.2, -0.15) is 11.8 Å². The van der Waals surface area contributed by atoms with Gasteiger partial charge in [-0.3, -0.25) is 14.9 Å². The summed E-state index contributed by atoms with van der Waals surface area (Å²) in [5.74, 6) is 1.11. The van der Waals surface area contributed by atoms with Crippen molar-refractivity contribution in [1.82, 2.24) is 5.32 Å². The molecule has 0 unspecified atom stereocenters. The number of nitrogens with one attached hydrogen (secondary N) is 1. The average Bonchev–Trinajstić information content (AvgIpc) is 2.42. The van der Waals surface area contributed by atoms with E-state index in [-0.39, 0.29) is 17.9 Å². The Bertz CT molecular complexity index is 439. The third-order valence-corrected chi connectivity index (χ3v) is 3.39. The molecule has 0 aliphatic heterocycles. The van der Waals surface area contributed by atoms with Crippen molar-refractivity contribution in [2.45, 2.75) is 6.42 Å². The summed E-state index contributed by atoms with van der Waals surface area (Å²) in [6, 6.07) is 5.87. The van der Waals surface area contributed by atoms with Gasteiger partial charge >= 0.3 is 0 Å². The number of hydrogen-bond donors (Lipinski definition) is 2. The number of hydrogen-bond acceptors (Lipinski definition) is 5. The monoisotopic (exact) mass is 284 g/mol. The van der Waals surface area contributed by atoms with Crippen LogP contribution in [-0.4, -0.2) is 40.6 Å². The van der Waals surface area contributed by atoms with Crippen LogP contribution in [0.1, 0.15) is 16.8 Å². The fraction of sp³-hybridized carbons (Fsp3) is 0.417. The molecule has 0 radical (unpaired) electrons. The maximum Gasteiger partial charge on any atom is 0.282 e. The van der Waals surface area contributed by atoms with E-state index in [1.54, 1.807) is 17.8 Å². The molecule has 0 spiro atoms. The van der Waals surface area contributed by atoms with E-state index in [2.05, 4.69) is 5.32 Å². The topological polar surface area (TPSA) is 92.5 Å². The van der Waals surface area contributed by atoms with Gasteiger partial charge in [-0.1, -0.05) is 12.1 Å². The second-order valence-corrected chi connectivity index (χ2v) is 4.94. The summed E-state index contributed by atoms with van der Waals surface area (Å²) in [4.78, 5) is 22.0. The molecule has 0 saturated heterocycles. The van der Waals surface area contributed by atoms with Gasteiger partial charge in [-0.05, 0) is 18.2 Å². The zero-order valence-corrected chi connectivity index (χ0v) is 11.2. The van der Waals surface area contributed by atoms with Crippen LogP contribution < -0.4 is 5.32 Å². The van der Waals surface area contributed by atoms with Crippen molar-refractivity contribution in [1.29, 1.82) is 0 Å². The lowest BCUT2D eigenvalue weighted by atomic mass is 10.1.